The van der Waals surface area contributed by atoms with Gasteiger partial charge in [0.2, 0.25) is 5.91 Å². The van der Waals surface area contributed by atoms with E-state index < -0.39 is 37.1 Å². The van der Waals surface area contributed by atoms with Gasteiger partial charge in [0.05, 0.1) is 19.3 Å². The van der Waals surface area contributed by atoms with Crippen LogP contribution in [-0.2, 0) is 14.3 Å². The van der Waals surface area contributed by atoms with Gasteiger partial charge in [-0.3, -0.25) is 4.79 Å². The number of hydrogen-bond donors (Lipinski definition) is 5. The second-order valence-electron chi connectivity index (χ2n) is 3.83. The van der Waals surface area contributed by atoms with Crippen molar-refractivity contribution in [2.45, 2.75) is 31.9 Å². The predicted octanol–water partition coefficient (Wildman–Crippen LogP) is -1.98. The molecule has 0 aromatic carbocycles. The summed E-state index contributed by atoms with van der Waals surface area (Å²) in [5.74, 6) is -1.17. The fourth-order valence-electron chi connectivity index (χ4n) is 1.26. The van der Waals surface area contributed by atoms with E-state index in [0.717, 1.165) is 7.11 Å². The Kier molecular flexibility index (Phi) is 8.00. The average Bonchev–Trinajstić information content (AvgIpc) is 2.30. The van der Waals surface area contributed by atoms with Gasteiger partial charge in [0.15, 0.2) is 6.04 Å². The molecule has 0 aliphatic rings. The molecule has 0 aliphatic carbocycles. The van der Waals surface area contributed by atoms with Crippen LogP contribution in [0.4, 0.5) is 0 Å². The summed E-state index contributed by atoms with van der Waals surface area (Å²) in [5.41, 5.74) is 0. The molecule has 4 N–H and O–H groups in total. The van der Waals surface area contributed by atoms with Crippen LogP contribution >= 0.6 is 12.6 Å². The molecule has 0 aliphatic heterocycles. The molecule has 0 heterocycles. The Morgan fingerprint density at radius 3 is 2.39 bits per heavy atom. The molecule has 0 fully saturated rings. The lowest BCUT2D eigenvalue weighted by atomic mass is 9.87. The van der Waals surface area contributed by atoms with Gasteiger partial charge in [-0.05, 0) is 13.7 Å². The lowest BCUT2D eigenvalue weighted by Crippen LogP contribution is -2.56. The molecule has 0 bridgehead atoms. The molecule has 3 atom stereocenters. The Morgan fingerprint density at radius 1 is 1.50 bits per heavy atom. The highest BCUT2D eigenvalue weighted by Crippen LogP contribution is 1.98. The zero-order chi connectivity index (χ0) is 14.3. The SMILES string of the molecule is COC(=O)C(NC(=O)C(CS)NB(C)O)C(C)O. The minimum Gasteiger partial charge on any atom is -0.467 e. The van der Waals surface area contributed by atoms with Crippen molar-refractivity contribution < 1.29 is 24.5 Å². The van der Waals surface area contributed by atoms with Gasteiger partial charge in [0.25, 0.3) is 0 Å². The quantitative estimate of drug-likeness (QED) is 0.210. The summed E-state index contributed by atoms with van der Waals surface area (Å²) >= 11 is 3.97. The highest BCUT2D eigenvalue weighted by atomic mass is 32.1. The third-order valence-corrected chi connectivity index (χ3v) is 2.54. The number of methoxy groups -OCH3 is 1. The number of hydrogen-bond acceptors (Lipinski definition) is 7. The van der Waals surface area contributed by atoms with Gasteiger partial charge >= 0.3 is 13.0 Å². The molecule has 104 valence electrons. The number of amides is 1. The van der Waals surface area contributed by atoms with Crippen molar-refractivity contribution in [2.24, 2.45) is 0 Å². The predicted molar refractivity (Wildman–Crippen MR) is 70.2 cm³/mol. The van der Waals surface area contributed by atoms with Crippen molar-refractivity contribution in [3.63, 3.8) is 0 Å². The van der Waals surface area contributed by atoms with Crippen LogP contribution in [0.15, 0.2) is 0 Å². The largest absolute Gasteiger partial charge is 0.467 e. The molecule has 18 heavy (non-hydrogen) atoms. The Hall–Kier alpha value is -0.765. The monoisotopic (exact) mass is 278 g/mol. The van der Waals surface area contributed by atoms with E-state index in [4.69, 9.17) is 5.02 Å². The summed E-state index contributed by atoms with van der Waals surface area (Å²) in [6.07, 6.45) is -1.09. The first-order valence-electron chi connectivity index (χ1n) is 5.44. The van der Waals surface area contributed by atoms with E-state index in [9.17, 15) is 14.7 Å². The first kappa shape index (κ1) is 17.2. The lowest BCUT2D eigenvalue weighted by molar-refractivity contribution is -0.148. The third-order valence-electron chi connectivity index (χ3n) is 2.18. The van der Waals surface area contributed by atoms with Gasteiger partial charge in [-0.1, -0.05) is 0 Å². The third kappa shape index (κ3) is 5.72. The van der Waals surface area contributed by atoms with Crippen LogP contribution in [0.3, 0.4) is 0 Å². The summed E-state index contributed by atoms with van der Waals surface area (Å²) < 4.78 is 4.47. The fraction of sp³-hybridized carbons (Fsp3) is 0.778. The molecule has 0 saturated heterocycles. The Bertz CT molecular complexity index is 290. The number of nitrogens with one attached hydrogen (secondary N) is 2. The number of rotatable bonds is 7. The van der Waals surface area contributed by atoms with E-state index in [0.29, 0.717) is 0 Å². The van der Waals surface area contributed by atoms with E-state index in [2.05, 4.69) is 27.9 Å². The van der Waals surface area contributed by atoms with Crippen LogP contribution in [0.5, 0.6) is 0 Å². The highest BCUT2D eigenvalue weighted by molar-refractivity contribution is 7.80. The standard InChI is InChI=1S/C9H19BN2O5S/c1-5(13)7(9(15)17-3)11-8(14)6(4-18)12-10(2)16/h5-7,12-13,16,18H,4H2,1-3H3,(H,11,14). The first-order chi connectivity index (χ1) is 8.33. The van der Waals surface area contributed by atoms with E-state index in [1.54, 1.807) is 0 Å². The van der Waals surface area contributed by atoms with Crippen LogP contribution in [0, 0.1) is 0 Å². The summed E-state index contributed by atoms with van der Waals surface area (Å²) in [6.45, 7) is 2.82. The molecule has 0 aromatic heterocycles. The van der Waals surface area contributed by atoms with Crippen molar-refractivity contribution in [1.29, 1.82) is 0 Å². The van der Waals surface area contributed by atoms with Crippen LogP contribution in [0.1, 0.15) is 6.92 Å². The van der Waals surface area contributed by atoms with Gasteiger partial charge in [-0.2, -0.15) is 12.6 Å². The molecule has 0 radical (unpaired) electrons. The highest BCUT2D eigenvalue weighted by Gasteiger charge is 2.29. The zero-order valence-electron chi connectivity index (χ0n) is 10.6. The van der Waals surface area contributed by atoms with Crippen molar-refractivity contribution >= 4 is 31.6 Å². The zero-order valence-corrected chi connectivity index (χ0v) is 11.5. The number of thiol groups is 1. The number of carbonyl (C=O) groups excluding carboxylic acids is 2. The molecule has 0 aromatic rings. The normalized spacial score (nSPS) is 15.4. The molecular weight excluding hydrogens is 259 g/mol. The van der Waals surface area contributed by atoms with Gasteiger partial charge in [-0.25, -0.2) is 4.79 Å². The molecule has 0 saturated carbocycles. The van der Waals surface area contributed by atoms with E-state index in [1.807, 2.05) is 0 Å². The molecule has 7 nitrogen and oxygen atoms in total. The van der Waals surface area contributed by atoms with Gasteiger partial charge in [0.1, 0.15) is 0 Å². The molecule has 0 rings (SSSR count). The average molecular weight is 278 g/mol. The van der Waals surface area contributed by atoms with Crippen LogP contribution in [0.25, 0.3) is 0 Å². The van der Waals surface area contributed by atoms with Crippen LogP contribution in [-0.4, -0.2) is 60.1 Å². The van der Waals surface area contributed by atoms with Gasteiger partial charge < -0.3 is 25.4 Å². The van der Waals surface area contributed by atoms with Crippen LogP contribution < -0.4 is 10.5 Å². The molecule has 1 amide bonds. The minimum atomic E-state index is -1.15. The maximum Gasteiger partial charge on any atom is 0.374 e. The smallest absolute Gasteiger partial charge is 0.374 e. The van der Waals surface area contributed by atoms with Crippen molar-refractivity contribution in [1.82, 2.24) is 10.5 Å². The first-order valence-corrected chi connectivity index (χ1v) is 6.08. The minimum absolute atomic E-state index is 0.129. The number of esters is 1. The van der Waals surface area contributed by atoms with Crippen molar-refractivity contribution in [2.75, 3.05) is 12.9 Å². The maximum absolute atomic E-state index is 11.8. The second-order valence-corrected chi connectivity index (χ2v) is 4.19. The van der Waals surface area contributed by atoms with Gasteiger partial charge in [-0.15, -0.1) is 0 Å². The van der Waals surface area contributed by atoms with E-state index >= 15 is 0 Å². The molecular formula is C9H19BN2O5S. The topological polar surface area (TPSA) is 108 Å². The van der Waals surface area contributed by atoms with Crippen molar-refractivity contribution in [3.8, 4) is 0 Å². The summed E-state index contributed by atoms with van der Waals surface area (Å²) in [6, 6.07) is -1.93. The summed E-state index contributed by atoms with van der Waals surface area (Å²) in [7, 11) is 0.268. The van der Waals surface area contributed by atoms with Crippen LogP contribution in [0.2, 0.25) is 6.82 Å². The molecule has 0 spiro atoms. The summed E-state index contributed by atoms with van der Waals surface area (Å²) in [5, 5.41) is 23.4. The Labute approximate surface area is 112 Å². The Balaban J connectivity index is 4.61. The van der Waals surface area contributed by atoms with E-state index in [-0.39, 0.29) is 5.75 Å². The number of aliphatic hydroxyl groups is 1. The Morgan fingerprint density at radius 2 is 2.06 bits per heavy atom. The van der Waals surface area contributed by atoms with Crippen molar-refractivity contribution in [3.05, 3.63) is 0 Å². The molecule has 3 unspecified atom stereocenters. The maximum atomic E-state index is 11.8. The lowest BCUT2D eigenvalue weighted by Gasteiger charge is -2.23. The number of carbonyl (C=O) groups is 2. The van der Waals surface area contributed by atoms with Gasteiger partial charge in [0, 0.05) is 5.75 Å². The number of aliphatic hydroxyl groups excluding tert-OH is 1. The second kappa shape index (κ2) is 8.36. The summed E-state index contributed by atoms with van der Waals surface area (Å²) in [4.78, 5) is 23.1. The number of ether oxygens (including phenoxy) is 1. The fourth-order valence-corrected chi connectivity index (χ4v) is 1.53. The van der Waals surface area contributed by atoms with E-state index in [1.165, 1.54) is 13.7 Å². The molecule has 9 heteroatoms.